The van der Waals surface area contributed by atoms with Gasteiger partial charge in [-0.05, 0) is 31.0 Å². The standard InChI is InChI=1S/C20H21N7O4S/c21-11-14(12-23-13-3-1-2-4-13)24-20-25-18-17(9-10-22-18)19(26-20)32(30,31)16-7-5-15(6-8-16)27(28)29/h5-13,21,23H,1-4H2,(H2,22,24,25,26)/b14-12+,21-11?. The number of aromatic amines is 1. The number of H-pyrrole nitrogens is 1. The number of nitro benzene ring substituents is 1. The van der Waals surface area contributed by atoms with E-state index in [9.17, 15) is 18.5 Å². The van der Waals surface area contributed by atoms with E-state index >= 15 is 0 Å². The van der Waals surface area contributed by atoms with Gasteiger partial charge in [0.1, 0.15) is 5.65 Å². The lowest BCUT2D eigenvalue weighted by Gasteiger charge is -2.12. The van der Waals surface area contributed by atoms with E-state index in [2.05, 4.69) is 25.6 Å². The highest BCUT2D eigenvalue weighted by atomic mass is 32.2. The van der Waals surface area contributed by atoms with Crippen LogP contribution in [0.4, 0.5) is 11.6 Å². The number of non-ortho nitro benzene ring substituents is 1. The second-order valence-corrected chi connectivity index (χ2v) is 9.23. The van der Waals surface area contributed by atoms with Gasteiger partial charge in [0.05, 0.1) is 20.9 Å². The predicted octanol–water partition coefficient (Wildman–Crippen LogP) is 3.13. The molecule has 0 spiro atoms. The fraction of sp³-hybridized carbons (Fsp3) is 0.250. The predicted molar refractivity (Wildman–Crippen MR) is 118 cm³/mol. The van der Waals surface area contributed by atoms with E-state index in [0.717, 1.165) is 44.0 Å². The van der Waals surface area contributed by atoms with Crippen molar-refractivity contribution < 1.29 is 13.3 Å². The van der Waals surface area contributed by atoms with Crippen LogP contribution in [0.25, 0.3) is 11.0 Å². The monoisotopic (exact) mass is 455 g/mol. The molecule has 32 heavy (non-hydrogen) atoms. The molecule has 0 unspecified atom stereocenters. The van der Waals surface area contributed by atoms with E-state index in [1.165, 1.54) is 12.1 Å². The average Bonchev–Trinajstić information content (AvgIpc) is 3.48. The van der Waals surface area contributed by atoms with Crippen molar-refractivity contribution in [3.05, 3.63) is 58.5 Å². The van der Waals surface area contributed by atoms with Crippen molar-refractivity contribution in [1.29, 1.82) is 5.41 Å². The summed E-state index contributed by atoms with van der Waals surface area (Å²) in [4.78, 5) is 21.6. The Hall–Kier alpha value is -3.80. The average molecular weight is 456 g/mol. The second kappa shape index (κ2) is 8.75. The molecule has 0 saturated heterocycles. The zero-order chi connectivity index (χ0) is 22.7. The summed E-state index contributed by atoms with van der Waals surface area (Å²) in [6, 6.07) is 6.51. The van der Waals surface area contributed by atoms with Crippen LogP contribution in [0.15, 0.2) is 58.3 Å². The molecule has 0 radical (unpaired) electrons. The fourth-order valence-electron chi connectivity index (χ4n) is 3.58. The normalized spacial score (nSPS) is 15.1. The van der Waals surface area contributed by atoms with Gasteiger partial charge < -0.3 is 21.0 Å². The number of nitrogens with one attached hydrogen (secondary N) is 4. The van der Waals surface area contributed by atoms with Crippen LogP contribution in [0.2, 0.25) is 0 Å². The zero-order valence-electron chi connectivity index (χ0n) is 16.9. The minimum atomic E-state index is -4.09. The number of benzene rings is 1. The molecule has 1 saturated carbocycles. The van der Waals surface area contributed by atoms with E-state index in [1.54, 1.807) is 18.5 Å². The molecule has 0 bridgehead atoms. The third kappa shape index (κ3) is 4.30. The zero-order valence-corrected chi connectivity index (χ0v) is 17.7. The summed E-state index contributed by atoms with van der Waals surface area (Å²) in [6.45, 7) is 0. The second-order valence-electron chi connectivity index (χ2n) is 7.36. The van der Waals surface area contributed by atoms with Crippen LogP contribution in [0.1, 0.15) is 25.7 Å². The highest BCUT2D eigenvalue weighted by Gasteiger charge is 2.25. The summed E-state index contributed by atoms with van der Waals surface area (Å²) in [5.74, 6) is 0.00316. The van der Waals surface area contributed by atoms with Gasteiger partial charge in [-0.25, -0.2) is 8.42 Å². The molecule has 3 aromatic rings. The van der Waals surface area contributed by atoms with Crippen LogP contribution in [0.3, 0.4) is 0 Å². The number of sulfone groups is 1. The summed E-state index contributed by atoms with van der Waals surface area (Å²) >= 11 is 0. The Morgan fingerprint density at radius 2 is 1.91 bits per heavy atom. The fourth-order valence-corrected chi connectivity index (χ4v) is 4.95. The topological polar surface area (TPSA) is 167 Å². The Kier molecular flexibility index (Phi) is 5.86. The van der Waals surface area contributed by atoms with E-state index in [-0.39, 0.29) is 21.6 Å². The molecular weight excluding hydrogens is 434 g/mol. The van der Waals surface area contributed by atoms with Gasteiger partial charge in [0.15, 0.2) is 5.03 Å². The molecule has 1 aromatic carbocycles. The Balaban J connectivity index is 1.69. The van der Waals surface area contributed by atoms with Crippen molar-refractivity contribution in [3.8, 4) is 0 Å². The molecule has 1 aliphatic carbocycles. The van der Waals surface area contributed by atoms with Crippen molar-refractivity contribution in [3.63, 3.8) is 0 Å². The Morgan fingerprint density at radius 3 is 2.56 bits per heavy atom. The lowest BCUT2D eigenvalue weighted by Crippen LogP contribution is -2.22. The first-order chi connectivity index (χ1) is 15.4. The molecule has 1 fully saturated rings. The molecule has 2 aromatic heterocycles. The molecule has 1 aliphatic rings. The third-order valence-electron chi connectivity index (χ3n) is 5.23. The first-order valence-corrected chi connectivity index (χ1v) is 11.4. The number of rotatable bonds is 8. The van der Waals surface area contributed by atoms with Crippen molar-refractivity contribution in [2.45, 2.75) is 41.6 Å². The number of aromatic nitrogens is 3. The maximum absolute atomic E-state index is 13.3. The Bertz CT molecular complexity index is 1290. The Morgan fingerprint density at radius 1 is 1.19 bits per heavy atom. The largest absolute Gasteiger partial charge is 0.386 e. The van der Waals surface area contributed by atoms with Gasteiger partial charge in [0.2, 0.25) is 15.8 Å². The number of fused-ring (bicyclic) bond motifs is 1. The number of nitro groups is 1. The van der Waals surface area contributed by atoms with Gasteiger partial charge in [-0.15, -0.1) is 0 Å². The van der Waals surface area contributed by atoms with Crippen LogP contribution >= 0.6 is 0 Å². The number of hydrogen-bond donors (Lipinski definition) is 4. The molecule has 12 heteroatoms. The van der Waals surface area contributed by atoms with Gasteiger partial charge >= 0.3 is 0 Å². The minimum absolute atomic E-state index is 0.00316. The molecular formula is C20H21N7O4S. The number of anilines is 1. The van der Waals surface area contributed by atoms with Crippen LogP contribution in [-0.4, -0.2) is 40.5 Å². The lowest BCUT2D eigenvalue weighted by molar-refractivity contribution is -0.384. The maximum atomic E-state index is 13.3. The van der Waals surface area contributed by atoms with E-state index in [1.807, 2.05) is 0 Å². The first kappa shape index (κ1) is 21.4. The van der Waals surface area contributed by atoms with Crippen molar-refractivity contribution in [2.75, 3.05) is 5.32 Å². The first-order valence-electron chi connectivity index (χ1n) is 9.97. The summed E-state index contributed by atoms with van der Waals surface area (Å²) in [6.07, 6.45) is 8.75. The molecule has 0 aliphatic heterocycles. The third-order valence-corrected chi connectivity index (χ3v) is 6.95. The summed E-state index contributed by atoms with van der Waals surface area (Å²) in [5, 5.41) is 24.7. The van der Waals surface area contributed by atoms with E-state index in [4.69, 9.17) is 5.41 Å². The van der Waals surface area contributed by atoms with E-state index < -0.39 is 14.8 Å². The maximum Gasteiger partial charge on any atom is 0.269 e. The highest BCUT2D eigenvalue weighted by Crippen LogP contribution is 2.28. The quantitative estimate of drug-likeness (QED) is 0.174. The van der Waals surface area contributed by atoms with Gasteiger partial charge in [-0.3, -0.25) is 10.1 Å². The van der Waals surface area contributed by atoms with Crippen molar-refractivity contribution in [1.82, 2.24) is 20.3 Å². The molecule has 0 amide bonds. The molecule has 11 nitrogen and oxygen atoms in total. The van der Waals surface area contributed by atoms with Crippen LogP contribution in [0.5, 0.6) is 0 Å². The van der Waals surface area contributed by atoms with Crippen LogP contribution in [-0.2, 0) is 9.84 Å². The van der Waals surface area contributed by atoms with E-state index in [0.29, 0.717) is 22.8 Å². The van der Waals surface area contributed by atoms with Gasteiger partial charge in [-0.2, -0.15) is 9.97 Å². The number of allylic oxidation sites excluding steroid dienone is 1. The molecule has 166 valence electrons. The van der Waals surface area contributed by atoms with Crippen LogP contribution < -0.4 is 10.6 Å². The summed E-state index contributed by atoms with van der Waals surface area (Å²) in [5.41, 5.74) is 0.467. The van der Waals surface area contributed by atoms with Crippen molar-refractivity contribution in [2.24, 2.45) is 0 Å². The minimum Gasteiger partial charge on any atom is -0.386 e. The number of nitrogens with zero attached hydrogens (tertiary/aromatic N) is 3. The van der Waals surface area contributed by atoms with Gasteiger partial charge in [-0.1, -0.05) is 12.8 Å². The highest BCUT2D eigenvalue weighted by molar-refractivity contribution is 7.91. The SMILES string of the molecule is N=C/C(=C\NC1CCCC1)Nc1nc(S(=O)(=O)c2ccc([N+](=O)[O-])cc2)c2cc[nH]c2n1. The summed E-state index contributed by atoms with van der Waals surface area (Å²) < 4.78 is 26.5. The van der Waals surface area contributed by atoms with Gasteiger partial charge in [0, 0.05) is 36.8 Å². The molecule has 4 N–H and O–H groups in total. The van der Waals surface area contributed by atoms with Crippen LogP contribution in [0, 0.1) is 15.5 Å². The van der Waals surface area contributed by atoms with Crippen molar-refractivity contribution >= 4 is 38.7 Å². The lowest BCUT2D eigenvalue weighted by atomic mass is 10.2. The molecule has 2 heterocycles. The summed E-state index contributed by atoms with van der Waals surface area (Å²) in [7, 11) is -4.09. The smallest absolute Gasteiger partial charge is 0.269 e. The molecule has 0 atom stereocenters. The Labute approximate surface area is 183 Å². The van der Waals surface area contributed by atoms with Gasteiger partial charge in [0.25, 0.3) is 5.69 Å². The molecule has 4 rings (SSSR count). The number of hydrogen-bond acceptors (Lipinski definition) is 9.